The predicted octanol–water partition coefficient (Wildman–Crippen LogP) is 0.880. The van der Waals surface area contributed by atoms with Crippen LogP contribution in [0.5, 0.6) is 0 Å². The second kappa shape index (κ2) is 3.68. The normalized spacial score (nSPS) is 10.5. The van der Waals surface area contributed by atoms with E-state index in [0.717, 1.165) is 6.54 Å². The van der Waals surface area contributed by atoms with Crippen LogP contribution in [0, 0.1) is 0 Å². The van der Waals surface area contributed by atoms with Crippen molar-refractivity contribution >= 4 is 11.3 Å². The maximum Gasteiger partial charge on any atom is 0.0953 e. The van der Waals surface area contributed by atoms with E-state index in [-0.39, 0.29) is 6.61 Å². The zero-order chi connectivity index (χ0) is 9.10. The Morgan fingerprint density at radius 1 is 1.54 bits per heavy atom. The Hall–Kier alpha value is -1.20. The Bertz CT molecular complexity index is 368. The van der Waals surface area contributed by atoms with E-state index in [4.69, 9.17) is 5.11 Å². The molecule has 5 heteroatoms. The van der Waals surface area contributed by atoms with Gasteiger partial charge >= 0.3 is 0 Å². The van der Waals surface area contributed by atoms with Crippen LogP contribution < -0.4 is 0 Å². The molecule has 0 saturated carbocycles. The summed E-state index contributed by atoms with van der Waals surface area (Å²) in [5.74, 6) is 0. The molecular formula is C8H9N3OS. The molecule has 0 atom stereocenters. The molecule has 0 radical (unpaired) electrons. The van der Waals surface area contributed by atoms with Gasteiger partial charge in [-0.25, -0.2) is 4.98 Å². The fourth-order valence-corrected chi connectivity index (χ4v) is 1.68. The van der Waals surface area contributed by atoms with Crippen LogP contribution in [0.1, 0.15) is 10.6 Å². The Balaban J connectivity index is 2.10. The third-order valence-corrected chi connectivity index (χ3v) is 2.43. The van der Waals surface area contributed by atoms with Gasteiger partial charge in [-0.1, -0.05) is 0 Å². The number of aliphatic hydroxyl groups is 1. The van der Waals surface area contributed by atoms with Gasteiger partial charge in [0.25, 0.3) is 0 Å². The van der Waals surface area contributed by atoms with Gasteiger partial charge in [-0.05, 0) is 0 Å². The smallest absolute Gasteiger partial charge is 0.0953 e. The monoisotopic (exact) mass is 195 g/mol. The molecule has 2 heterocycles. The molecule has 4 nitrogen and oxygen atoms in total. The first-order valence-corrected chi connectivity index (χ1v) is 4.75. The van der Waals surface area contributed by atoms with Crippen molar-refractivity contribution in [3.05, 3.63) is 34.8 Å². The first-order valence-electron chi connectivity index (χ1n) is 3.87. The number of nitrogens with zero attached hydrogens (tertiary/aromatic N) is 3. The molecule has 0 aliphatic heterocycles. The lowest BCUT2D eigenvalue weighted by Gasteiger charge is -1.96. The molecule has 0 aliphatic carbocycles. The average Bonchev–Trinajstić information content (AvgIpc) is 2.76. The van der Waals surface area contributed by atoms with Crippen LogP contribution in [-0.4, -0.2) is 19.6 Å². The van der Waals surface area contributed by atoms with E-state index in [1.165, 1.54) is 4.88 Å². The summed E-state index contributed by atoms with van der Waals surface area (Å²) in [7, 11) is 0. The molecule has 2 aromatic rings. The maximum atomic E-state index is 8.79. The molecule has 0 saturated heterocycles. The van der Waals surface area contributed by atoms with Crippen molar-refractivity contribution in [3.8, 4) is 0 Å². The minimum absolute atomic E-state index is 0.00428. The van der Waals surface area contributed by atoms with E-state index in [1.807, 2.05) is 17.0 Å². The Morgan fingerprint density at radius 3 is 3.08 bits per heavy atom. The summed E-state index contributed by atoms with van der Waals surface area (Å²) in [6, 6.07) is 0. The number of hydrogen-bond donors (Lipinski definition) is 1. The van der Waals surface area contributed by atoms with Gasteiger partial charge in [0.05, 0.1) is 30.7 Å². The summed E-state index contributed by atoms with van der Waals surface area (Å²) in [5, 5.41) is 8.79. The number of thiazole rings is 1. The van der Waals surface area contributed by atoms with E-state index in [1.54, 1.807) is 23.2 Å². The number of hydrogen-bond acceptors (Lipinski definition) is 4. The average molecular weight is 195 g/mol. The van der Waals surface area contributed by atoms with Gasteiger partial charge in [-0.2, -0.15) is 0 Å². The highest BCUT2D eigenvalue weighted by atomic mass is 32.1. The molecule has 0 fully saturated rings. The molecule has 0 bridgehead atoms. The maximum absolute atomic E-state index is 8.79. The van der Waals surface area contributed by atoms with Crippen molar-refractivity contribution in [3.63, 3.8) is 0 Å². The van der Waals surface area contributed by atoms with Crippen molar-refractivity contribution < 1.29 is 5.11 Å². The second-order valence-electron chi connectivity index (χ2n) is 2.66. The lowest BCUT2D eigenvalue weighted by atomic mass is 10.5. The molecule has 0 aliphatic rings. The molecule has 2 aromatic heterocycles. The minimum Gasteiger partial charge on any atom is -0.390 e. The van der Waals surface area contributed by atoms with Crippen molar-refractivity contribution in [1.29, 1.82) is 0 Å². The fourth-order valence-electron chi connectivity index (χ4n) is 1.07. The molecular weight excluding hydrogens is 186 g/mol. The number of rotatable bonds is 3. The van der Waals surface area contributed by atoms with Crippen LogP contribution in [0.2, 0.25) is 0 Å². The van der Waals surface area contributed by atoms with Gasteiger partial charge in [0.2, 0.25) is 0 Å². The van der Waals surface area contributed by atoms with Crippen LogP contribution in [-0.2, 0) is 13.2 Å². The van der Waals surface area contributed by atoms with E-state index in [0.29, 0.717) is 5.69 Å². The summed E-state index contributed by atoms with van der Waals surface area (Å²) in [6.07, 6.45) is 5.38. The quantitative estimate of drug-likeness (QED) is 0.791. The molecule has 0 amide bonds. The van der Waals surface area contributed by atoms with Gasteiger partial charge in [-0.3, -0.25) is 4.98 Å². The van der Waals surface area contributed by atoms with Crippen LogP contribution in [0.15, 0.2) is 24.2 Å². The lowest BCUT2D eigenvalue weighted by molar-refractivity contribution is 0.277. The molecule has 2 rings (SSSR count). The summed E-state index contributed by atoms with van der Waals surface area (Å²) < 4.78 is 1.93. The summed E-state index contributed by atoms with van der Waals surface area (Å²) in [4.78, 5) is 9.18. The van der Waals surface area contributed by atoms with Gasteiger partial charge in [0.1, 0.15) is 0 Å². The molecule has 1 N–H and O–H groups in total. The number of imidazole rings is 1. The van der Waals surface area contributed by atoms with Gasteiger partial charge in [0, 0.05) is 17.3 Å². The van der Waals surface area contributed by atoms with Crippen molar-refractivity contribution in [2.24, 2.45) is 0 Å². The van der Waals surface area contributed by atoms with Crippen LogP contribution in [0.4, 0.5) is 0 Å². The fraction of sp³-hybridized carbons (Fsp3) is 0.250. The van der Waals surface area contributed by atoms with Gasteiger partial charge < -0.3 is 9.67 Å². The van der Waals surface area contributed by atoms with Crippen LogP contribution in [0.25, 0.3) is 0 Å². The van der Waals surface area contributed by atoms with Crippen molar-refractivity contribution in [1.82, 2.24) is 14.5 Å². The third kappa shape index (κ3) is 1.93. The van der Waals surface area contributed by atoms with E-state index in [9.17, 15) is 0 Å². The highest BCUT2D eigenvalue weighted by molar-refractivity contribution is 7.09. The second-order valence-corrected chi connectivity index (χ2v) is 3.63. The van der Waals surface area contributed by atoms with E-state index in [2.05, 4.69) is 9.97 Å². The summed E-state index contributed by atoms with van der Waals surface area (Å²) >= 11 is 1.61. The molecule has 68 valence electrons. The Kier molecular flexibility index (Phi) is 2.37. The van der Waals surface area contributed by atoms with Gasteiger partial charge in [0.15, 0.2) is 0 Å². The van der Waals surface area contributed by atoms with Gasteiger partial charge in [-0.15, -0.1) is 11.3 Å². The first-order chi connectivity index (χ1) is 6.38. The molecule has 13 heavy (non-hydrogen) atoms. The Labute approximate surface area is 79.5 Å². The highest BCUT2D eigenvalue weighted by Gasteiger charge is 1.98. The molecule has 0 unspecified atom stereocenters. The predicted molar refractivity (Wildman–Crippen MR) is 49.4 cm³/mol. The standard InChI is InChI=1S/C8H9N3OS/c12-4-7-2-11(5-10-7)3-8-1-9-6-13-8/h1-2,5-6,12H,3-4H2. The van der Waals surface area contributed by atoms with Crippen molar-refractivity contribution in [2.75, 3.05) is 0 Å². The van der Waals surface area contributed by atoms with Crippen molar-refractivity contribution in [2.45, 2.75) is 13.2 Å². The minimum atomic E-state index is -0.00428. The molecule has 0 spiro atoms. The zero-order valence-corrected chi connectivity index (χ0v) is 7.74. The van der Waals surface area contributed by atoms with E-state index < -0.39 is 0 Å². The molecule has 0 aromatic carbocycles. The summed E-state index contributed by atoms with van der Waals surface area (Å²) in [6.45, 7) is 0.771. The number of aromatic nitrogens is 3. The Morgan fingerprint density at radius 2 is 2.46 bits per heavy atom. The highest BCUT2D eigenvalue weighted by Crippen LogP contribution is 2.08. The largest absolute Gasteiger partial charge is 0.390 e. The third-order valence-electron chi connectivity index (χ3n) is 1.67. The topological polar surface area (TPSA) is 50.9 Å². The van der Waals surface area contributed by atoms with Crippen LogP contribution in [0.3, 0.4) is 0 Å². The zero-order valence-electron chi connectivity index (χ0n) is 6.92. The first kappa shape index (κ1) is 8.40. The van der Waals surface area contributed by atoms with Crippen LogP contribution >= 0.6 is 11.3 Å². The summed E-state index contributed by atoms with van der Waals surface area (Å²) in [5.41, 5.74) is 2.50. The SMILES string of the molecule is OCc1cn(Cc2cncs2)cn1. The number of aliphatic hydroxyl groups excluding tert-OH is 1. The van der Waals surface area contributed by atoms with E-state index >= 15 is 0 Å². The lowest BCUT2D eigenvalue weighted by Crippen LogP contribution is -1.93.